The molecule has 0 radical (unpaired) electrons. The number of hydrogen-bond donors (Lipinski definition) is 0. The second-order valence-electron chi connectivity index (χ2n) is 10.1. The van der Waals surface area contributed by atoms with E-state index in [0.29, 0.717) is 0 Å². The Morgan fingerprint density at radius 3 is 0.786 bits per heavy atom. The fraction of sp³-hybridized carbons (Fsp3) is 1.00. The van der Waals surface area contributed by atoms with Crippen molar-refractivity contribution in [3.05, 3.63) is 0 Å². The minimum atomic E-state index is -1.54. The third kappa shape index (κ3) is 12.2. The summed E-state index contributed by atoms with van der Waals surface area (Å²) >= 11 is 0. The molecule has 0 atom stereocenters. The van der Waals surface area contributed by atoms with Crippen molar-refractivity contribution in [2.75, 3.05) is 30.8 Å². The zero-order valence-corrected chi connectivity index (χ0v) is 21.9. The van der Waals surface area contributed by atoms with Crippen LogP contribution < -0.4 is 0 Å². The van der Waals surface area contributed by atoms with Gasteiger partial charge in [0.2, 0.25) is 0 Å². The molecule has 172 valence electrons. The van der Waals surface area contributed by atoms with E-state index < -0.39 is 6.60 Å². The van der Waals surface area contributed by atoms with Crippen molar-refractivity contribution < 1.29 is 0 Å². The molecule has 0 aliphatic carbocycles. The third-order valence-electron chi connectivity index (χ3n) is 7.43. The van der Waals surface area contributed by atoms with Gasteiger partial charge >= 0.3 is 181 Å². The topological polar surface area (TPSA) is 0 Å². The molecule has 0 aromatic heterocycles. The summed E-state index contributed by atoms with van der Waals surface area (Å²) in [7, 11) is 0. The van der Waals surface area contributed by atoms with Crippen LogP contribution in [0.25, 0.3) is 0 Å². The van der Waals surface area contributed by atoms with Crippen LogP contribution in [0, 0.1) is 0 Å². The van der Waals surface area contributed by atoms with Gasteiger partial charge in [0.05, 0.1) is 0 Å². The van der Waals surface area contributed by atoms with E-state index in [1.807, 2.05) is 0 Å². The van der Waals surface area contributed by atoms with Gasteiger partial charge in [-0.2, -0.15) is 0 Å². The summed E-state index contributed by atoms with van der Waals surface area (Å²) in [6.45, 7) is 10.4. The van der Waals surface area contributed by atoms with Gasteiger partial charge in [-0.15, -0.1) is 0 Å². The zero-order valence-electron chi connectivity index (χ0n) is 21.0. The van der Waals surface area contributed by atoms with Gasteiger partial charge in [-0.25, -0.2) is 0 Å². The van der Waals surface area contributed by atoms with E-state index in [1.165, 1.54) is 83.5 Å². The van der Waals surface area contributed by atoms with Gasteiger partial charge in [-0.3, -0.25) is 0 Å². The Morgan fingerprint density at radius 1 is 0.286 bits per heavy atom. The van der Waals surface area contributed by atoms with Crippen LogP contribution in [0.3, 0.4) is 0 Å². The van der Waals surface area contributed by atoms with Crippen molar-refractivity contribution in [1.29, 1.82) is 0 Å². The number of rotatable bonds is 22. The maximum atomic E-state index is 2.50. The first-order chi connectivity index (χ1) is 13.6. The van der Waals surface area contributed by atoms with E-state index >= 15 is 0 Å². The Morgan fingerprint density at radius 2 is 0.571 bits per heavy atom. The van der Waals surface area contributed by atoms with E-state index in [9.17, 15) is 0 Å². The fourth-order valence-corrected chi connectivity index (χ4v) is 13.7. The Balaban J connectivity index is 5.37. The van der Waals surface area contributed by atoms with Gasteiger partial charge in [-0.05, 0) is 0 Å². The van der Waals surface area contributed by atoms with E-state index in [0.717, 1.165) is 0 Å². The van der Waals surface area contributed by atoms with Crippen LogP contribution in [0.15, 0.2) is 0 Å². The van der Waals surface area contributed by atoms with Gasteiger partial charge in [-0.1, -0.05) is 0 Å². The standard InChI is InChI=1S/C27H59P/c1-6-11-15-19-24-28(23-10-5,25-20-16-12-7-2,26-21-17-13-8-3)27-22-18-14-9-4/h6-27H2,1-5H3. The molecular weight excluding hydrogens is 355 g/mol. The molecule has 28 heavy (non-hydrogen) atoms. The molecular formula is C27H59P. The molecule has 0 spiro atoms. The van der Waals surface area contributed by atoms with Crippen molar-refractivity contribution >= 4 is 6.60 Å². The van der Waals surface area contributed by atoms with E-state index in [-0.39, 0.29) is 0 Å². The summed E-state index contributed by atoms with van der Waals surface area (Å²) in [6, 6.07) is 0. The van der Waals surface area contributed by atoms with Crippen molar-refractivity contribution in [3.8, 4) is 0 Å². The van der Waals surface area contributed by atoms with E-state index in [2.05, 4.69) is 34.6 Å². The molecule has 0 unspecified atom stereocenters. The molecule has 0 aliphatic rings. The summed E-state index contributed by atoms with van der Waals surface area (Å²) in [6.07, 6.45) is 33.2. The Bertz CT molecular complexity index is 263. The van der Waals surface area contributed by atoms with Crippen molar-refractivity contribution in [2.24, 2.45) is 0 Å². The molecule has 0 nitrogen and oxygen atoms in total. The molecule has 0 heterocycles. The molecule has 0 N–H and O–H groups in total. The fourth-order valence-electron chi connectivity index (χ4n) is 5.69. The van der Waals surface area contributed by atoms with Crippen LogP contribution in [0.4, 0.5) is 0 Å². The van der Waals surface area contributed by atoms with Crippen LogP contribution >= 0.6 is 6.60 Å². The minimum absolute atomic E-state index is 1.38. The molecule has 0 fully saturated rings. The first kappa shape index (κ1) is 28.4. The molecule has 0 amide bonds. The molecule has 0 bridgehead atoms. The van der Waals surface area contributed by atoms with E-state index in [1.54, 1.807) is 56.5 Å². The quantitative estimate of drug-likeness (QED) is 0.122. The number of hydrogen-bond acceptors (Lipinski definition) is 0. The number of unbranched alkanes of at least 4 members (excludes halogenated alkanes) is 12. The molecule has 0 aromatic rings. The Kier molecular flexibility index (Phi) is 18.5. The summed E-state index contributed by atoms with van der Waals surface area (Å²) in [5.74, 6) is 0. The van der Waals surface area contributed by atoms with Crippen LogP contribution in [0.1, 0.15) is 144 Å². The predicted molar refractivity (Wildman–Crippen MR) is 138 cm³/mol. The zero-order chi connectivity index (χ0) is 21.0. The third-order valence-corrected chi connectivity index (χ3v) is 15.5. The van der Waals surface area contributed by atoms with Gasteiger partial charge in [0.25, 0.3) is 0 Å². The maximum absolute atomic E-state index is 2.50. The van der Waals surface area contributed by atoms with Gasteiger partial charge < -0.3 is 0 Å². The van der Waals surface area contributed by atoms with Crippen LogP contribution in [-0.4, -0.2) is 30.8 Å². The molecule has 0 saturated carbocycles. The van der Waals surface area contributed by atoms with E-state index in [4.69, 9.17) is 0 Å². The van der Waals surface area contributed by atoms with Crippen LogP contribution in [0.2, 0.25) is 0 Å². The molecule has 0 rings (SSSR count). The molecule has 1 heteroatoms. The molecule has 0 aliphatic heterocycles. The Labute approximate surface area is 181 Å². The predicted octanol–water partition coefficient (Wildman–Crippen LogP) is 10.3. The van der Waals surface area contributed by atoms with Crippen molar-refractivity contribution in [1.82, 2.24) is 0 Å². The molecule has 0 saturated heterocycles. The summed E-state index contributed by atoms with van der Waals surface area (Å²) < 4.78 is 0. The van der Waals surface area contributed by atoms with Gasteiger partial charge in [0, 0.05) is 0 Å². The summed E-state index contributed by atoms with van der Waals surface area (Å²) in [5.41, 5.74) is 0. The SMILES string of the molecule is CCCCCCP(CCC)(CCCCCC)(CCCCCC)CCCCCC. The first-order valence-electron chi connectivity index (χ1n) is 13.6. The first-order valence-corrected chi connectivity index (χ1v) is 16.8. The van der Waals surface area contributed by atoms with Gasteiger partial charge in [0.1, 0.15) is 0 Å². The Hall–Kier alpha value is 0.430. The monoisotopic (exact) mass is 414 g/mol. The summed E-state index contributed by atoms with van der Waals surface area (Å²) in [4.78, 5) is 0. The second-order valence-corrected chi connectivity index (χ2v) is 16.8. The van der Waals surface area contributed by atoms with Crippen molar-refractivity contribution in [3.63, 3.8) is 0 Å². The summed E-state index contributed by atoms with van der Waals surface area (Å²) in [5, 5.41) is 0. The van der Waals surface area contributed by atoms with Crippen LogP contribution in [0.5, 0.6) is 0 Å². The van der Waals surface area contributed by atoms with Crippen LogP contribution in [-0.2, 0) is 0 Å². The average molecular weight is 415 g/mol. The second kappa shape index (κ2) is 18.2. The van der Waals surface area contributed by atoms with Gasteiger partial charge in [0.15, 0.2) is 0 Å². The normalized spacial score (nSPS) is 13.5. The average Bonchev–Trinajstić information content (AvgIpc) is 2.70. The van der Waals surface area contributed by atoms with Crippen molar-refractivity contribution in [2.45, 2.75) is 144 Å². The molecule has 0 aromatic carbocycles.